The minimum atomic E-state index is -0.258. The van der Waals surface area contributed by atoms with Crippen LogP contribution < -0.4 is 5.32 Å². The highest BCUT2D eigenvalue weighted by Crippen LogP contribution is 2.21. The fourth-order valence-corrected chi connectivity index (χ4v) is 1.97. The summed E-state index contributed by atoms with van der Waals surface area (Å²) in [5.41, 5.74) is 1.28. The average molecular weight is 239 g/mol. The summed E-state index contributed by atoms with van der Waals surface area (Å²) < 4.78 is 4.51. The van der Waals surface area contributed by atoms with Gasteiger partial charge in [-0.2, -0.15) is 0 Å². The van der Waals surface area contributed by atoms with Crippen molar-refractivity contribution >= 4 is 11.9 Å². The number of hydrogen-bond donors (Lipinski definition) is 1. The van der Waals surface area contributed by atoms with E-state index in [1.54, 1.807) is 0 Å². The molecule has 1 aliphatic rings. The molecule has 96 valence electrons. The second-order valence-electron chi connectivity index (χ2n) is 4.52. The molecule has 1 saturated carbocycles. The van der Waals surface area contributed by atoms with Crippen molar-refractivity contribution in [2.75, 3.05) is 7.11 Å². The number of nitrogens with one attached hydrogen (secondary N) is 1. The van der Waals surface area contributed by atoms with E-state index in [1.165, 1.54) is 12.7 Å². The Morgan fingerprint density at radius 2 is 2.00 bits per heavy atom. The zero-order valence-electron chi connectivity index (χ0n) is 10.5. The standard InChI is InChI=1S/C13H21NO3/c1-10-6-8-11(9-7-10)14-12(15)4-3-5-13(16)17-2/h11H,1,3-9H2,2H3,(H,14,15). The third kappa shape index (κ3) is 5.52. The van der Waals surface area contributed by atoms with Gasteiger partial charge in [-0.25, -0.2) is 0 Å². The first-order chi connectivity index (χ1) is 8.11. The van der Waals surface area contributed by atoms with Crippen LogP contribution in [0.5, 0.6) is 0 Å². The minimum absolute atomic E-state index is 0.0337. The average Bonchev–Trinajstić information content (AvgIpc) is 2.32. The van der Waals surface area contributed by atoms with Crippen LogP contribution in [0, 0.1) is 0 Å². The van der Waals surface area contributed by atoms with Gasteiger partial charge in [0.25, 0.3) is 0 Å². The van der Waals surface area contributed by atoms with Gasteiger partial charge in [0.2, 0.25) is 5.91 Å². The van der Waals surface area contributed by atoms with Crippen molar-refractivity contribution in [2.45, 2.75) is 51.0 Å². The molecule has 1 aliphatic carbocycles. The first kappa shape index (κ1) is 13.7. The number of carbonyl (C=O) groups excluding carboxylic acids is 2. The summed E-state index contributed by atoms with van der Waals surface area (Å²) in [5, 5.41) is 3.00. The van der Waals surface area contributed by atoms with Crippen LogP contribution in [0.3, 0.4) is 0 Å². The lowest BCUT2D eigenvalue weighted by molar-refractivity contribution is -0.140. The molecule has 0 saturated heterocycles. The van der Waals surface area contributed by atoms with Crippen molar-refractivity contribution in [1.82, 2.24) is 5.32 Å². The fourth-order valence-electron chi connectivity index (χ4n) is 1.97. The van der Waals surface area contributed by atoms with E-state index in [4.69, 9.17) is 0 Å². The van der Waals surface area contributed by atoms with Gasteiger partial charge in [0.05, 0.1) is 7.11 Å². The van der Waals surface area contributed by atoms with E-state index in [-0.39, 0.29) is 17.9 Å². The largest absolute Gasteiger partial charge is 0.469 e. The third-order valence-electron chi connectivity index (χ3n) is 3.07. The lowest BCUT2D eigenvalue weighted by Crippen LogP contribution is -2.36. The molecular formula is C13H21NO3. The molecule has 0 atom stereocenters. The molecule has 0 radical (unpaired) electrons. The van der Waals surface area contributed by atoms with Gasteiger partial charge >= 0.3 is 5.97 Å². The topological polar surface area (TPSA) is 55.4 Å². The highest BCUT2D eigenvalue weighted by atomic mass is 16.5. The summed E-state index contributed by atoms with van der Waals surface area (Å²) in [7, 11) is 1.36. The van der Waals surface area contributed by atoms with E-state index in [0.717, 1.165) is 25.7 Å². The van der Waals surface area contributed by atoms with Crippen LogP contribution >= 0.6 is 0 Å². The van der Waals surface area contributed by atoms with Gasteiger partial charge in [0.15, 0.2) is 0 Å². The minimum Gasteiger partial charge on any atom is -0.469 e. The predicted octanol–water partition coefficient (Wildman–Crippen LogP) is 1.94. The molecule has 1 rings (SSSR count). The number of amides is 1. The fraction of sp³-hybridized carbons (Fsp3) is 0.692. The normalized spacial score (nSPS) is 16.6. The second-order valence-corrected chi connectivity index (χ2v) is 4.52. The van der Waals surface area contributed by atoms with E-state index in [0.29, 0.717) is 19.3 Å². The monoisotopic (exact) mass is 239 g/mol. The molecule has 1 fully saturated rings. The molecule has 0 heterocycles. The molecule has 1 N–H and O–H groups in total. The number of esters is 1. The number of rotatable bonds is 5. The summed E-state index contributed by atoms with van der Waals surface area (Å²) in [6.45, 7) is 3.94. The Kier molecular flexibility index (Phi) is 5.73. The van der Waals surface area contributed by atoms with E-state index < -0.39 is 0 Å². The van der Waals surface area contributed by atoms with Crippen molar-refractivity contribution in [1.29, 1.82) is 0 Å². The lowest BCUT2D eigenvalue weighted by atomic mass is 9.92. The molecule has 0 aromatic rings. The van der Waals surface area contributed by atoms with Gasteiger partial charge in [0.1, 0.15) is 0 Å². The van der Waals surface area contributed by atoms with Crippen molar-refractivity contribution < 1.29 is 14.3 Å². The maximum Gasteiger partial charge on any atom is 0.305 e. The molecule has 1 amide bonds. The van der Waals surface area contributed by atoms with Crippen LogP contribution in [0.15, 0.2) is 12.2 Å². The molecule has 0 unspecified atom stereocenters. The molecule has 0 spiro atoms. The molecule has 4 nitrogen and oxygen atoms in total. The van der Waals surface area contributed by atoms with Gasteiger partial charge in [0, 0.05) is 18.9 Å². The second kappa shape index (κ2) is 7.09. The van der Waals surface area contributed by atoms with Crippen molar-refractivity contribution in [3.63, 3.8) is 0 Å². The number of ether oxygens (including phenoxy) is 1. The van der Waals surface area contributed by atoms with Crippen LogP contribution in [-0.2, 0) is 14.3 Å². The van der Waals surface area contributed by atoms with E-state index >= 15 is 0 Å². The highest BCUT2D eigenvalue weighted by Gasteiger charge is 2.17. The quantitative estimate of drug-likeness (QED) is 0.589. The van der Waals surface area contributed by atoms with Crippen molar-refractivity contribution in [3.8, 4) is 0 Å². The molecule has 0 aliphatic heterocycles. The number of allylic oxidation sites excluding steroid dienone is 1. The first-order valence-electron chi connectivity index (χ1n) is 6.14. The zero-order valence-corrected chi connectivity index (χ0v) is 10.5. The Labute approximate surface area is 102 Å². The molecule has 17 heavy (non-hydrogen) atoms. The Morgan fingerprint density at radius 3 is 2.59 bits per heavy atom. The molecular weight excluding hydrogens is 218 g/mol. The van der Waals surface area contributed by atoms with E-state index in [2.05, 4.69) is 16.6 Å². The Morgan fingerprint density at radius 1 is 1.35 bits per heavy atom. The maximum atomic E-state index is 11.6. The van der Waals surface area contributed by atoms with Gasteiger partial charge in [-0.05, 0) is 32.1 Å². The van der Waals surface area contributed by atoms with Crippen LogP contribution in [0.25, 0.3) is 0 Å². The molecule has 0 bridgehead atoms. The highest BCUT2D eigenvalue weighted by molar-refractivity contribution is 5.77. The number of hydrogen-bond acceptors (Lipinski definition) is 3. The maximum absolute atomic E-state index is 11.6. The van der Waals surface area contributed by atoms with E-state index in [9.17, 15) is 9.59 Å². The summed E-state index contributed by atoms with van der Waals surface area (Å²) in [5.74, 6) is -0.224. The van der Waals surface area contributed by atoms with Gasteiger partial charge in [-0.3, -0.25) is 9.59 Å². The Hall–Kier alpha value is -1.32. The Balaban J connectivity index is 2.12. The lowest BCUT2D eigenvalue weighted by Gasteiger charge is -2.24. The zero-order chi connectivity index (χ0) is 12.7. The Bertz CT molecular complexity index is 289. The van der Waals surface area contributed by atoms with Gasteiger partial charge < -0.3 is 10.1 Å². The van der Waals surface area contributed by atoms with Crippen LogP contribution in [0.1, 0.15) is 44.9 Å². The van der Waals surface area contributed by atoms with Crippen LogP contribution in [0.2, 0.25) is 0 Å². The third-order valence-corrected chi connectivity index (χ3v) is 3.07. The molecule has 0 aromatic carbocycles. The van der Waals surface area contributed by atoms with Gasteiger partial charge in [-0.1, -0.05) is 12.2 Å². The summed E-state index contributed by atoms with van der Waals surface area (Å²) in [6.07, 6.45) is 5.25. The smallest absolute Gasteiger partial charge is 0.305 e. The van der Waals surface area contributed by atoms with Crippen molar-refractivity contribution in [3.05, 3.63) is 12.2 Å². The SMILES string of the molecule is C=C1CCC(NC(=O)CCCC(=O)OC)CC1. The van der Waals surface area contributed by atoms with E-state index in [1.807, 2.05) is 0 Å². The van der Waals surface area contributed by atoms with Crippen molar-refractivity contribution in [2.24, 2.45) is 0 Å². The van der Waals surface area contributed by atoms with Crippen LogP contribution in [-0.4, -0.2) is 25.0 Å². The first-order valence-corrected chi connectivity index (χ1v) is 6.14. The predicted molar refractivity (Wildman–Crippen MR) is 65.4 cm³/mol. The molecule has 4 heteroatoms. The number of methoxy groups -OCH3 is 1. The van der Waals surface area contributed by atoms with Gasteiger partial charge in [-0.15, -0.1) is 0 Å². The molecule has 0 aromatic heterocycles. The van der Waals surface area contributed by atoms with Crippen LogP contribution in [0.4, 0.5) is 0 Å². The summed E-state index contributed by atoms with van der Waals surface area (Å²) >= 11 is 0. The number of carbonyl (C=O) groups is 2. The summed E-state index contributed by atoms with van der Waals surface area (Å²) in [4.78, 5) is 22.4. The summed E-state index contributed by atoms with van der Waals surface area (Å²) in [6, 6.07) is 0.283.